The number of anilines is 2. The van der Waals surface area contributed by atoms with Crippen LogP contribution in [-0.4, -0.2) is 101 Å². The number of hydrogen-bond donors (Lipinski definition) is 3. The van der Waals surface area contributed by atoms with Gasteiger partial charge in [-0.1, -0.05) is 82.3 Å². The minimum absolute atomic E-state index is 0.00360. The van der Waals surface area contributed by atoms with Crippen LogP contribution < -0.4 is 20.4 Å². The lowest BCUT2D eigenvalue weighted by Gasteiger charge is -2.33. The SMILES string of the molecule is COCO[C@@H](c1ccc(C)cc1)[C@@H](CN(C(=O)OC(C)(C)C)c1ncc(Br)s1)NC(=O)OC(C)(C)C.Cc1ccc([C@H](O)[C@@H](CN(C(=O)OC(C)(C)C)c2ncc(Br)s2)NC(=O)OC(C)(C)C)cc1. The Labute approximate surface area is 431 Å². The molecule has 0 aliphatic carbocycles. The molecule has 21 heteroatoms. The van der Waals surface area contributed by atoms with Gasteiger partial charge in [0, 0.05) is 7.11 Å². The Morgan fingerprint density at radius 1 is 0.609 bits per heavy atom. The lowest BCUT2D eigenvalue weighted by molar-refractivity contribution is -0.0847. The van der Waals surface area contributed by atoms with Gasteiger partial charge in [0.25, 0.3) is 0 Å². The molecule has 0 aliphatic rings. The predicted molar refractivity (Wildman–Crippen MR) is 276 cm³/mol. The molecule has 0 aliphatic heterocycles. The van der Waals surface area contributed by atoms with E-state index in [4.69, 9.17) is 28.4 Å². The van der Waals surface area contributed by atoms with Gasteiger partial charge in [0.1, 0.15) is 41.4 Å². The number of ether oxygens (including phenoxy) is 6. The van der Waals surface area contributed by atoms with E-state index in [2.05, 4.69) is 52.5 Å². The minimum atomic E-state index is -1.12. The Hall–Kier alpha value is -4.38. The number of amides is 4. The lowest BCUT2D eigenvalue weighted by atomic mass is 10.0. The number of methoxy groups -OCH3 is 1. The quantitative estimate of drug-likeness (QED) is 0.0751. The third kappa shape index (κ3) is 21.7. The highest BCUT2D eigenvalue weighted by atomic mass is 79.9. The molecule has 0 radical (unpaired) electrons. The van der Waals surface area contributed by atoms with Crippen molar-refractivity contribution >= 4 is 89.2 Å². The van der Waals surface area contributed by atoms with Crippen molar-refractivity contribution in [2.24, 2.45) is 0 Å². The Morgan fingerprint density at radius 3 is 1.32 bits per heavy atom. The van der Waals surface area contributed by atoms with Gasteiger partial charge >= 0.3 is 24.4 Å². The third-order valence-corrected chi connectivity index (χ3v) is 11.7. The number of carbonyl (C=O) groups is 4. The van der Waals surface area contributed by atoms with Crippen LogP contribution in [0.1, 0.15) is 118 Å². The monoisotopic (exact) mass is 1130 g/mol. The minimum Gasteiger partial charge on any atom is -0.444 e. The largest absolute Gasteiger partial charge is 0.444 e. The molecule has 4 atom stereocenters. The number of aliphatic hydroxyl groups is 1. The van der Waals surface area contributed by atoms with Gasteiger partial charge in [-0.25, -0.2) is 29.1 Å². The van der Waals surface area contributed by atoms with Crippen LogP contribution in [0.15, 0.2) is 68.5 Å². The van der Waals surface area contributed by atoms with E-state index in [1.165, 1.54) is 39.6 Å². The van der Waals surface area contributed by atoms with Crippen LogP contribution in [-0.2, 0) is 28.4 Å². The Kier molecular flexibility index (Phi) is 21.9. The van der Waals surface area contributed by atoms with Gasteiger partial charge in [0.05, 0.1) is 45.1 Å². The van der Waals surface area contributed by atoms with E-state index in [9.17, 15) is 24.3 Å². The van der Waals surface area contributed by atoms with E-state index in [1.807, 2.05) is 50.2 Å². The van der Waals surface area contributed by atoms with Gasteiger partial charge in [-0.3, -0.25) is 9.80 Å². The molecule has 0 bridgehead atoms. The van der Waals surface area contributed by atoms with Crippen molar-refractivity contribution < 1.29 is 52.7 Å². The van der Waals surface area contributed by atoms with Crippen molar-refractivity contribution in [1.82, 2.24) is 20.6 Å². The highest BCUT2D eigenvalue weighted by Crippen LogP contribution is 2.32. The molecule has 2 aromatic heterocycles. The summed E-state index contributed by atoms with van der Waals surface area (Å²) < 4.78 is 34.8. The van der Waals surface area contributed by atoms with Gasteiger partial charge in [-0.15, -0.1) is 0 Å². The van der Waals surface area contributed by atoms with Crippen LogP contribution in [0.3, 0.4) is 0 Å². The molecule has 69 heavy (non-hydrogen) atoms. The van der Waals surface area contributed by atoms with Crippen molar-refractivity contribution in [2.45, 2.75) is 144 Å². The van der Waals surface area contributed by atoms with Crippen molar-refractivity contribution in [2.75, 3.05) is 36.8 Å². The highest BCUT2D eigenvalue weighted by Gasteiger charge is 2.36. The molecule has 4 amide bonds. The zero-order valence-corrected chi connectivity index (χ0v) is 46.9. The van der Waals surface area contributed by atoms with E-state index >= 15 is 0 Å². The fraction of sp³-hybridized carbons (Fsp3) is 0.542. The van der Waals surface area contributed by atoms with Gasteiger partial charge in [-0.05, 0) is 140 Å². The standard InChI is InChI=1S/C25H36BrN3O6S.C23H32BrN3O5S/c1-16-9-11-17(12-10-16)20(33-15-32-8)18(28-22(30)34-24(2,3)4)14-29(21-27-13-19(26)36-21)23(31)35-25(5,6)7;1-14-8-10-15(11-9-14)18(28)16(26-20(29)31-22(2,3)4)13-27(19-25-12-17(24)33-19)21(30)32-23(5,6)7/h9-13,18,20H,14-15H2,1-8H3,(H,28,30);8-12,16,18,28H,13H2,1-7H3,(H,26,29)/t18-,20+;16-,18+/m11/s1. The molecule has 17 nitrogen and oxygen atoms in total. The first-order valence-corrected chi connectivity index (χ1v) is 25.2. The Morgan fingerprint density at radius 2 is 0.971 bits per heavy atom. The van der Waals surface area contributed by atoms with Gasteiger partial charge in [0.15, 0.2) is 10.3 Å². The zero-order valence-electron chi connectivity index (χ0n) is 42.1. The summed E-state index contributed by atoms with van der Waals surface area (Å²) in [7, 11) is 1.52. The number of thiazole rings is 2. The lowest BCUT2D eigenvalue weighted by Crippen LogP contribution is -2.51. The summed E-state index contributed by atoms with van der Waals surface area (Å²) in [5.74, 6) is 0. The number of carbonyl (C=O) groups excluding carboxylic acids is 4. The number of aromatic nitrogens is 2. The van der Waals surface area contributed by atoms with E-state index in [1.54, 1.807) is 108 Å². The molecule has 382 valence electrons. The molecule has 0 fully saturated rings. The van der Waals surface area contributed by atoms with Crippen molar-refractivity contribution in [1.29, 1.82) is 0 Å². The fourth-order valence-electron chi connectivity index (χ4n) is 5.93. The second kappa shape index (κ2) is 25.7. The van der Waals surface area contributed by atoms with Crippen molar-refractivity contribution in [3.05, 3.63) is 90.8 Å². The maximum Gasteiger partial charge on any atom is 0.416 e. The number of nitrogens with zero attached hydrogens (tertiary/aromatic N) is 4. The number of alkyl carbamates (subject to hydrolysis) is 2. The summed E-state index contributed by atoms with van der Waals surface area (Å²) in [5.41, 5.74) is 0.568. The van der Waals surface area contributed by atoms with Gasteiger partial charge in [-0.2, -0.15) is 0 Å². The fourth-order valence-corrected chi connectivity index (χ4v) is 8.29. The summed E-state index contributed by atoms with van der Waals surface area (Å²) in [4.78, 5) is 63.1. The average molecular weight is 1130 g/mol. The molecule has 2 heterocycles. The van der Waals surface area contributed by atoms with Crippen LogP contribution in [0.2, 0.25) is 0 Å². The van der Waals surface area contributed by atoms with Crippen molar-refractivity contribution in [3.8, 4) is 0 Å². The van der Waals surface area contributed by atoms with E-state index < -0.39 is 71.1 Å². The van der Waals surface area contributed by atoms with E-state index in [0.29, 0.717) is 15.8 Å². The first-order valence-electron chi connectivity index (χ1n) is 22.0. The Balaban J connectivity index is 0.000000367. The van der Waals surface area contributed by atoms with Crippen LogP contribution in [0, 0.1) is 13.8 Å². The van der Waals surface area contributed by atoms with Gasteiger partial charge < -0.3 is 44.2 Å². The Bertz CT molecular complexity index is 2270. The maximum absolute atomic E-state index is 13.3. The van der Waals surface area contributed by atoms with E-state index in [-0.39, 0.29) is 19.9 Å². The molecule has 0 saturated heterocycles. The van der Waals surface area contributed by atoms with Crippen LogP contribution in [0.5, 0.6) is 0 Å². The summed E-state index contributed by atoms with van der Waals surface area (Å²) in [6, 6.07) is 13.4. The smallest absolute Gasteiger partial charge is 0.416 e. The number of hydrogen-bond acceptors (Lipinski definition) is 15. The number of rotatable bonds is 15. The first kappa shape index (κ1) is 58.9. The average Bonchev–Trinajstić information content (AvgIpc) is 3.83. The second-order valence-electron chi connectivity index (χ2n) is 19.8. The molecule has 2 aromatic carbocycles. The summed E-state index contributed by atoms with van der Waals surface area (Å²) in [6.45, 7) is 25.0. The van der Waals surface area contributed by atoms with Crippen molar-refractivity contribution in [3.63, 3.8) is 0 Å². The topological polar surface area (TPSA) is 200 Å². The van der Waals surface area contributed by atoms with Crippen LogP contribution >= 0.6 is 54.5 Å². The maximum atomic E-state index is 13.3. The molecule has 4 aromatic rings. The summed E-state index contributed by atoms with van der Waals surface area (Å²) in [5, 5.41) is 17.5. The third-order valence-electron chi connectivity index (χ3n) is 8.72. The van der Waals surface area contributed by atoms with Crippen LogP contribution in [0.25, 0.3) is 0 Å². The molecule has 0 unspecified atom stereocenters. The summed E-state index contributed by atoms with van der Waals surface area (Å²) in [6.07, 6.45) is -1.21. The predicted octanol–water partition coefficient (Wildman–Crippen LogP) is 11.8. The highest BCUT2D eigenvalue weighted by molar-refractivity contribution is 9.11. The number of nitrogens with one attached hydrogen (secondary N) is 2. The molecular formula is C48H68Br2N6O11S2. The second-order valence-corrected chi connectivity index (χ2v) is 24.6. The molecule has 4 rings (SSSR count). The number of aryl methyl sites for hydroxylation is 2. The molecule has 0 spiro atoms. The van der Waals surface area contributed by atoms with Gasteiger partial charge in [0.2, 0.25) is 0 Å². The molecular weight excluding hydrogens is 1060 g/mol. The van der Waals surface area contributed by atoms with E-state index in [0.717, 1.165) is 24.3 Å². The number of benzene rings is 2. The first-order chi connectivity index (χ1) is 31.8. The summed E-state index contributed by atoms with van der Waals surface area (Å²) >= 11 is 9.27. The molecule has 3 N–H and O–H groups in total. The number of halogens is 2. The zero-order chi connectivity index (χ0) is 52.1. The normalized spacial score (nSPS) is 13.7. The number of aliphatic hydroxyl groups excluding tert-OH is 1. The molecule has 0 saturated carbocycles. The van der Waals surface area contributed by atoms with Crippen LogP contribution in [0.4, 0.5) is 29.4 Å².